The number of aryl methyl sites for hydroxylation is 2. The summed E-state index contributed by atoms with van der Waals surface area (Å²) in [6.45, 7) is 11.7. The molecule has 6 nitrogen and oxygen atoms in total. The van der Waals surface area contributed by atoms with Crippen molar-refractivity contribution in [3.05, 3.63) is 80.5 Å². The zero-order valence-corrected chi connectivity index (χ0v) is 12.7. The number of hydrogen-bond acceptors (Lipinski definition) is 3. The van der Waals surface area contributed by atoms with Crippen LogP contribution in [-0.4, -0.2) is 5.48 Å². The van der Waals surface area contributed by atoms with Crippen LogP contribution in [0.3, 0.4) is 0 Å². The van der Waals surface area contributed by atoms with Gasteiger partial charge < -0.3 is 5.48 Å². The molecule has 2 rings (SSSR count). The second-order valence-corrected chi connectivity index (χ2v) is 4.05. The molecule has 2 aromatic carbocycles. The van der Waals surface area contributed by atoms with Gasteiger partial charge >= 0.3 is 0 Å². The van der Waals surface area contributed by atoms with E-state index in [9.17, 15) is 0 Å². The molecule has 24 heavy (non-hydrogen) atoms. The Labute approximate surface area is 144 Å². The number of rotatable bonds is 0. The Morgan fingerprint density at radius 2 is 0.958 bits per heavy atom. The second kappa shape index (κ2) is 22.2. The predicted octanol–water partition coefficient (Wildman–Crippen LogP) is 3.13. The summed E-state index contributed by atoms with van der Waals surface area (Å²) >= 11 is 0. The average molecular weight is 332 g/mol. The molecule has 0 bridgehead atoms. The first-order valence-corrected chi connectivity index (χ1v) is 5.93. The van der Waals surface area contributed by atoms with E-state index in [4.69, 9.17) is 21.2 Å². The highest BCUT2D eigenvalue weighted by molar-refractivity contribution is 5.19. The molecule has 0 spiro atoms. The molecule has 2 aromatic rings. The van der Waals surface area contributed by atoms with Crippen molar-refractivity contribution in [2.24, 2.45) is 0 Å². The third-order valence-electron chi connectivity index (χ3n) is 2.24. The molecule has 0 radical (unpaired) electrons. The van der Waals surface area contributed by atoms with Gasteiger partial charge in [-0.25, -0.2) is 0 Å². The van der Waals surface area contributed by atoms with Gasteiger partial charge in [0, 0.05) is 10.8 Å². The van der Waals surface area contributed by atoms with E-state index in [0.29, 0.717) is 0 Å². The van der Waals surface area contributed by atoms with Gasteiger partial charge in [-0.15, -0.1) is 0 Å². The van der Waals surface area contributed by atoms with Crippen LogP contribution >= 0.6 is 0 Å². The third kappa shape index (κ3) is 21.2. The number of nitroso groups, excluding NO2 is 1. The largest absolute Gasteiger partial charge is 0.412 e. The molecular weight excluding hydrogens is 304 g/mol. The lowest BCUT2D eigenvalue weighted by atomic mass is 10.2. The van der Waals surface area contributed by atoms with E-state index in [1.54, 1.807) is 0 Å². The van der Waals surface area contributed by atoms with Gasteiger partial charge in [0.15, 0.2) is 4.91 Å². The summed E-state index contributed by atoms with van der Waals surface area (Å²) in [6, 6.07) is 16.3. The molecule has 0 amide bonds. The number of hydrogen-bond donors (Lipinski definition) is 0. The summed E-state index contributed by atoms with van der Waals surface area (Å²) in [4.78, 5) is 9.36. The maximum absolute atomic E-state index is 8.11. The van der Waals surface area contributed by atoms with Crippen molar-refractivity contribution in [1.29, 1.82) is 10.8 Å². The Bertz CT molecular complexity index is 588. The van der Waals surface area contributed by atoms with Crippen LogP contribution in [0.25, 0.3) is 18.7 Å². The van der Waals surface area contributed by atoms with Gasteiger partial charge in [0.2, 0.25) is 0 Å². The van der Waals surface area contributed by atoms with E-state index in [2.05, 4.69) is 51.3 Å². The van der Waals surface area contributed by atoms with Crippen molar-refractivity contribution in [3.63, 3.8) is 0 Å². The minimum atomic E-state index is 0. The fourth-order valence-electron chi connectivity index (χ4n) is 1.18. The number of nitrogens with zero attached hydrogens (tertiary/aromatic N) is 4. The number of benzene rings is 2. The molecule has 0 aliphatic rings. The Hall–Kier alpha value is -3.13. The Morgan fingerprint density at radius 3 is 1.12 bits per heavy atom. The minimum Gasteiger partial charge on any atom is -0.412 e. The molecule has 0 heterocycles. The van der Waals surface area contributed by atoms with Crippen LogP contribution in [0, 0.1) is 29.5 Å². The highest BCUT2D eigenvalue weighted by Crippen LogP contribution is 1.99. The Balaban J connectivity index is -0.0000000722. The van der Waals surface area contributed by atoms with Gasteiger partial charge in [0.05, 0.1) is 0 Å². The zero-order chi connectivity index (χ0) is 16.7. The summed E-state index contributed by atoms with van der Waals surface area (Å²) in [5.74, 6) is 0. The molecule has 0 saturated carbocycles. The maximum Gasteiger partial charge on any atom is 0.151 e. The quantitative estimate of drug-likeness (QED) is 0.417. The van der Waals surface area contributed by atoms with Gasteiger partial charge in [0.25, 0.3) is 0 Å². The lowest BCUT2D eigenvalue weighted by Crippen LogP contribution is -2.02. The molecule has 0 saturated heterocycles. The van der Waals surface area contributed by atoms with Crippen LogP contribution in [0.5, 0.6) is 0 Å². The highest BCUT2D eigenvalue weighted by atomic mass is 16.2. The summed E-state index contributed by atoms with van der Waals surface area (Å²) in [5.41, 5.74) is 9.30. The zero-order valence-electron chi connectivity index (χ0n) is 12.7. The van der Waals surface area contributed by atoms with Crippen LogP contribution in [-0.2, 0) is 0 Å². The molecule has 0 aliphatic heterocycles. The summed E-state index contributed by atoms with van der Waals surface area (Å²) in [5, 5.41) is 14.1. The van der Waals surface area contributed by atoms with Crippen molar-refractivity contribution >= 4 is 13.2 Å². The summed E-state index contributed by atoms with van der Waals surface area (Å²) in [6.07, 6.45) is 0. The molecule has 6 heteroatoms. The van der Waals surface area contributed by atoms with Crippen LogP contribution in [0.4, 0.5) is 0 Å². The van der Waals surface area contributed by atoms with Crippen LogP contribution in [0.1, 0.15) is 26.0 Å². The first-order valence-electron chi connectivity index (χ1n) is 5.93. The molecule has 0 unspecified atom stereocenters. The maximum atomic E-state index is 8.11. The van der Waals surface area contributed by atoms with E-state index in [0.717, 1.165) is 10.4 Å². The van der Waals surface area contributed by atoms with Crippen molar-refractivity contribution in [3.8, 4) is 0 Å². The first-order chi connectivity index (χ1) is 9.99. The van der Waals surface area contributed by atoms with E-state index in [1.165, 1.54) is 16.1 Å². The third-order valence-corrected chi connectivity index (χ3v) is 2.24. The molecule has 2 N–H and O–H groups in total. The van der Waals surface area contributed by atoms with E-state index in [1.807, 2.05) is 24.3 Å². The lowest BCUT2D eigenvalue weighted by Gasteiger charge is -1.90. The van der Waals surface area contributed by atoms with Crippen molar-refractivity contribution in [2.45, 2.75) is 28.7 Å². The molecular formula is C18H28N4O2. The van der Waals surface area contributed by atoms with E-state index < -0.39 is 0 Å². The Morgan fingerprint density at radius 1 is 0.792 bits per heavy atom. The smallest absolute Gasteiger partial charge is 0.151 e. The molecule has 0 fully saturated rings. The van der Waals surface area contributed by atoms with Crippen molar-refractivity contribution in [1.82, 2.24) is 4.97 Å². The molecule has 0 atom stereocenters. The topological polar surface area (TPSA) is 133 Å². The Kier molecular flexibility index (Phi) is 30.2. The molecule has 132 valence electrons. The first kappa shape index (κ1) is 32.7. The summed E-state index contributed by atoms with van der Waals surface area (Å²) in [7, 11) is 0. The normalized spacial score (nSPS) is 6.50. The molecule has 0 aromatic heterocycles. The fraction of sp³-hybridized carbons (Fsp3) is 0.222. The molecule has 0 aliphatic carbocycles. The van der Waals surface area contributed by atoms with Gasteiger partial charge in [0.1, 0.15) is 4.97 Å². The summed E-state index contributed by atoms with van der Waals surface area (Å²) < 4.78 is 0. The van der Waals surface area contributed by atoms with Crippen LogP contribution < -0.4 is 15.4 Å². The van der Waals surface area contributed by atoms with Crippen LogP contribution in [0.15, 0.2) is 48.5 Å². The van der Waals surface area contributed by atoms with Gasteiger partial charge in [-0.3, -0.25) is 5.53 Å². The SMILES string of the molecule is C.C.C=c1ccc(=C)cc1.Cc1ccc(C)cc1.N#N.O.[N-]=[N+]=O. The standard InChI is InChI=1S/C8H10.C8H8.2CH4.N2O.N2.H2O/c2*1-7-3-5-8(2)6-4-7;;;1-2-3;1-2;/h3-6H,1-2H3;3-6H,1-2H2;2*1H4;;;1H2. The van der Waals surface area contributed by atoms with E-state index >= 15 is 0 Å². The van der Waals surface area contributed by atoms with Crippen LogP contribution in [0.2, 0.25) is 0 Å². The lowest BCUT2D eigenvalue weighted by molar-refractivity contribution is 0.824. The highest BCUT2D eigenvalue weighted by Gasteiger charge is 1.79. The van der Waals surface area contributed by atoms with Gasteiger partial charge in [-0.2, -0.15) is 0 Å². The fourth-order valence-corrected chi connectivity index (χ4v) is 1.18. The van der Waals surface area contributed by atoms with Gasteiger partial charge in [-0.1, -0.05) is 87.7 Å². The monoisotopic (exact) mass is 332 g/mol. The van der Waals surface area contributed by atoms with Gasteiger partial charge in [-0.05, 0) is 24.3 Å². The minimum absolute atomic E-state index is 0. The van der Waals surface area contributed by atoms with Crippen molar-refractivity contribution in [2.75, 3.05) is 0 Å². The average Bonchev–Trinajstić information content (AvgIpc) is 2.49. The second-order valence-electron chi connectivity index (χ2n) is 4.05. The predicted molar refractivity (Wildman–Crippen MR) is 102 cm³/mol. The van der Waals surface area contributed by atoms with Crippen molar-refractivity contribution < 1.29 is 5.48 Å². The van der Waals surface area contributed by atoms with E-state index in [-0.39, 0.29) is 20.3 Å².